The second kappa shape index (κ2) is 8.47. The molecule has 0 bridgehead atoms. The number of ether oxygens (including phenoxy) is 1. The third kappa shape index (κ3) is 4.26. The third-order valence-corrected chi connectivity index (χ3v) is 5.93. The van der Waals surface area contributed by atoms with E-state index in [2.05, 4.69) is 5.32 Å². The van der Waals surface area contributed by atoms with E-state index in [0.29, 0.717) is 30.2 Å². The van der Waals surface area contributed by atoms with Crippen LogP contribution < -0.4 is 11.1 Å². The summed E-state index contributed by atoms with van der Waals surface area (Å²) >= 11 is 6.55. The van der Waals surface area contributed by atoms with Crippen molar-refractivity contribution in [3.05, 3.63) is 75.4 Å². The van der Waals surface area contributed by atoms with Crippen molar-refractivity contribution in [2.24, 2.45) is 5.73 Å². The molecular weight excluding hydrogens is 386 g/mol. The first-order valence-corrected chi connectivity index (χ1v) is 10.4. The Morgan fingerprint density at radius 2 is 2.14 bits per heavy atom. The fourth-order valence-electron chi connectivity index (χ4n) is 4.03. The van der Waals surface area contributed by atoms with Gasteiger partial charge in [-0.3, -0.25) is 4.79 Å². The Labute approximate surface area is 176 Å². The lowest BCUT2D eigenvalue weighted by atomic mass is 9.99. The minimum atomic E-state index is 0.0775. The second-order valence-corrected chi connectivity index (χ2v) is 8.09. The molecule has 2 aromatic carbocycles. The maximum Gasteiger partial charge on any atom is 0.254 e. The van der Waals surface area contributed by atoms with Crippen molar-refractivity contribution in [3.8, 4) is 0 Å². The number of benzene rings is 2. The maximum atomic E-state index is 12.9. The van der Waals surface area contributed by atoms with Gasteiger partial charge in [-0.25, -0.2) is 0 Å². The van der Waals surface area contributed by atoms with E-state index in [1.165, 1.54) is 0 Å². The number of amides is 1. The first-order valence-electron chi connectivity index (χ1n) is 9.99. The number of carbonyl (C=O) groups is 1. The van der Waals surface area contributed by atoms with Crippen LogP contribution in [0.2, 0.25) is 5.02 Å². The van der Waals surface area contributed by atoms with Crippen molar-refractivity contribution in [1.29, 1.82) is 0 Å². The lowest BCUT2D eigenvalue weighted by Gasteiger charge is -2.19. The minimum Gasteiger partial charge on any atom is -0.397 e. The molecule has 1 amide bonds. The molecule has 3 N–H and O–H groups in total. The van der Waals surface area contributed by atoms with Crippen LogP contribution in [0.5, 0.6) is 0 Å². The Balaban J connectivity index is 1.50. The molecule has 2 aliphatic rings. The first kappa shape index (κ1) is 19.8. The summed E-state index contributed by atoms with van der Waals surface area (Å²) in [7, 11) is 1.82. The largest absolute Gasteiger partial charge is 0.397 e. The Morgan fingerprint density at radius 1 is 1.34 bits per heavy atom. The molecule has 5 nitrogen and oxygen atoms in total. The standard InChI is InChI=1S/C23H26ClN3O2/c1-26-12-22(25)16-6-4-15(5-7-16)9-17-10-20-18(11-21(17)24)13-27(23(20)28)14-19-3-2-8-29-19/h4-7,10-12,19,26H,2-3,8-9,13-14,25H2,1H3/b22-12-. The summed E-state index contributed by atoms with van der Waals surface area (Å²) in [6.45, 7) is 2.06. The molecule has 2 aromatic rings. The molecule has 1 unspecified atom stereocenters. The molecule has 29 heavy (non-hydrogen) atoms. The zero-order valence-corrected chi connectivity index (χ0v) is 17.3. The molecule has 0 aliphatic carbocycles. The highest BCUT2D eigenvalue weighted by Crippen LogP contribution is 2.31. The molecule has 0 saturated carbocycles. The summed E-state index contributed by atoms with van der Waals surface area (Å²) < 4.78 is 5.69. The van der Waals surface area contributed by atoms with Gasteiger partial charge >= 0.3 is 0 Å². The number of fused-ring (bicyclic) bond motifs is 1. The highest BCUT2D eigenvalue weighted by Gasteiger charge is 2.31. The van der Waals surface area contributed by atoms with Crippen LogP contribution in [0.25, 0.3) is 5.70 Å². The Bertz CT molecular complexity index is 934. The third-order valence-electron chi connectivity index (χ3n) is 5.58. The summed E-state index contributed by atoms with van der Waals surface area (Å²) in [6, 6.07) is 12.0. The zero-order chi connectivity index (χ0) is 20.4. The molecular formula is C23H26ClN3O2. The molecule has 1 fully saturated rings. The normalized spacial score (nSPS) is 19.0. The summed E-state index contributed by atoms with van der Waals surface area (Å²) in [5.74, 6) is 0.0775. The summed E-state index contributed by atoms with van der Waals surface area (Å²) in [6.07, 6.45) is 4.69. The molecule has 152 valence electrons. The summed E-state index contributed by atoms with van der Waals surface area (Å²) in [4.78, 5) is 14.8. The van der Waals surface area contributed by atoms with Crippen LogP contribution in [-0.2, 0) is 17.7 Å². The van der Waals surface area contributed by atoms with E-state index in [0.717, 1.165) is 47.3 Å². The molecule has 0 radical (unpaired) electrons. The van der Waals surface area contributed by atoms with E-state index in [1.807, 2.05) is 48.3 Å². The number of carbonyl (C=O) groups excluding carboxylic acids is 1. The number of nitrogens with zero attached hydrogens (tertiary/aromatic N) is 1. The van der Waals surface area contributed by atoms with E-state index >= 15 is 0 Å². The van der Waals surface area contributed by atoms with Crippen LogP contribution in [0.3, 0.4) is 0 Å². The van der Waals surface area contributed by atoms with Gasteiger partial charge in [0.1, 0.15) is 0 Å². The van der Waals surface area contributed by atoms with Gasteiger partial charge in [0.05, 0.1) is 11.8 Å². The monoisotopic (exact) mass is 411 g/mol. The summed E-state index contributed by atoms with van der Waals surface area (Å²) in [5.41, 5.74) is 11.5. The smallest absolute Gasteiger partial charge is 0.254 e. The molecule has 1 atom stereocenters. The van der Waals surface area contributed by atoms with E-state index in [-0.39, 0.29) is 12.0 Å². The molecule has 6 heteroatoms. The Morgan fingerprint density at radius 3 is 2.83 bits per heavy atom. The number of halogens is 1. The van der Waals surface area contributed by atoms with Crippen molar-refractivity contribution in [2.75, 3.05) is 20.2 Å². The topological polar surface area (TPSA) is 67.6 Å². The van der Waals surface area contributed by atoms with Crippen LogP contribution in [-0.4, -0.2) is 37.1 Å². The zero-order valence-electron chi connectivity index (χ0n) is 16.6. The van der Waals surface area contributed by atoms with Gasteiger partial charge in [0.15, 0.2) is 0 Å². The van der Waals surface area contributed by atoms with Crippen LogP contribution >= 0.6 is 11.6 Å². The lowest BCUT2D eigenvalue weighted by molar-refractivity contribution is 0.0545. The second-order valence-electron chi connectivity index (χ2n) is 7.68. The van der Waals surface area contributed by atoms with Crippen LogP contribution in [0.1, 0.15) is 45.5 Å². The van der Waals surface area contributed by atoms with Gasteiger partial charge in [-0.15, -0.1) is 0 Å². The number of rotatable bonds is 6. The number of hydrogen-bond donors (Lipinski definition) is 2. The molecule has 2 heterocycles. The van der Waals surface area contributed by atoms with Crippen LogP contribution in [0, 0.1) is 0 Å². The van der Waals surface area contributed by atoms with Gasteiger partial charge in [-0.2, -0.15) is 0 Å². The van der Waals surface area contributed by atoms with E-state index < -0.39 is 0 Å². The minimum absolute atomic E-state index is 0.0775. The average Bonchev–Trinajstić information content (AvgIpc) is 3.32. The van der Waals surface area contributed by atoms with Crippen molar-refractivity contribution in [2.45, 2.75) is 31.9 Å². The van der Waals surface area contributed by atoms with E-state index in [1.54, 1.807) is 6.20 Å². The fourth-order valence-corrected chi connectivity index (χ4v) is 4.28. The summed E-state index contributed by atoms with van der Waals surface area (Å²) in [5, 5.41) is 3.64. The van der Waals surface area contributed by atoms with E-state index in [4.69, 9.17) is 22.1 Å². The quantitative estimate of drug-likeness (QED) is 0.762. The van der Waals surface area contributed by atoms with Crippen LogP contribution in [0.15, 0.2) is 42.6 Å². The van der Waals surface area contributed by atoms with Crippen molar-refractivity contribution in [1.82, 2.24) is 10.2 Å². The highest BCUT2D eigenvalue weighted by molar-refractivity contribution is 6.31. The highest BCUT2D eigenvalue weighted by atomic mass is 35.5. The molecule has 2 aliphatic heterocycles. The molecule has 4 rings (SSSR count). The Kier molecular flexibility index (Phi) is 5.79. The SMILES string of the molecule is CN/C=C(\N)c1ccc(Cc2cc3c(cc2Cl)CN(CC2CCCO2)C3=O)cc1. The Hall–Kier alpha value is -2.50. The van der Waals surface area contributed by atoms with Gasteiger partial charge in [0.2, 0.25) is 0 Å². The number of nitrogens with two attached hydrogens (primary N) is 1. The van der Waals surface area contributed by atoms with Gasteiger partial charge in [0.25, 0.3) is 5.91 Å². The predicted octanol–water partition coefficient (Wildman–Crippen LogP) is 3.54. The average molecular weight is 412 g/mol. The number of hydrogen-bond acceptors (Lipinski definition) is 4. The van der Waals surface area contributed by atoms with Gasteiger partial charge < -0.3 is 20.7 Å². The molecule has 0 aromatic heterocycles. The number of nitrogens with one attached hydrogen (secondary N) is 1. The molecule has 1 saturated heterocycles. The van der Waals surface area contributed by atoms with Gasteiger partial charge in [-0.05, 0) is 53.6 Å². The van der Waals surface area contributed by atoms with Crippen molar-refractivity contribution < 1.29 is 9.53 Å². The fraction of sp³-hybridized carbons (Fsp3) is 0.348. The van der Waals surface area contributed by atoms with Gasteiger partial charge in [0, 0.05) is 43.5 Å². The van der Waals surface area contributed by atoms with Crippen molar-refractivity contribution in [3.63, 3.8) is 0 Å². The molecule has 0 spiro atoms. The predicted molar refractivity (Wildman–Crippen MR) is 116 cm³/mol. The van der Waals surface area contributed by atoms with Crippen LogP contribution in [0.4, 0.5) is 0 Å². The maximum absolute atomic E-state index is 12.9. The van der Waals surface area contributed by atoms with Gasteiger partial charge in [-0.1, -0.05) is 35.9 Å². The van der Waals surface area contributed by atoms with Crippen molar-refractivity contribution >= 4 is 23.2 Å². The first-order chi connectivity index (χ1) is 14.0. The lowest BCUT2D eigenvalue weighted by Crippen LogP contribution is -2.32. The van der Waals surface area contributed by atoms with E-state index in [9.17, 15) is 4.79 Å².